The summed E-state index contributed by atoms with van der Waals surface area (Å²) >= 11 is 0. The molecule has 9 aromatic rings. The molecule has 0 unspecified atom stereocenters. The van der Waals surface area contributed by atoms with Gasteiger partial charge in [0.05, 0.1) is 5.39 Å². The number of benzene rings is 6. The summed E-state index contributed by atoms with van der Waals surface area (Å²) in [4.78, 5) is 20.0. The van der Waals surface area contributed by atoms with E-state index in [-0.39, 0.29) is 0 Å². The zero-order valence-corrected chi connectivity index (χ0v) is 25.2. The summed E-state index contributed by atoms with van der Waals surface area (Å²) in [5, 5.41) is 4.07. The molecule has 220 valence electrons. The van der Waals surface area contributed by atoms with Gasteiger partial charge in [0.1, 0.15) is 16.9 Å². The Morgan fingerprint density at radius 2 is 0.915 bits per heavy atom. The van der Waals surface area contributed by atoms with E-state index in [1.165, 1.54) is 5.56 Å². The zero-order valence-electron chi connectivity index (χ0n) is 25.2. The van der Waals surface area contributed by atoms with Gasteiger partial charge in [-0.1, -0.05) is 140 Å². The average molecular weight is 603 g/mol. The zero-order chi connectivity index (χ0) is 31.2. The summed E-state index contributed by atoms with van der Waals surface area (Å²) in [5.41, 5.74) is 8.24. The van der Waals surface area contributed by atoms with E-state index in [1.807, 2.05) is 79.0 Å². The van der Waals surface area contributed by atoms with Crippen LogP contribution in [0.3, 0.4) is 0 Å². The standard InChI is InChI=1S/C42H26N4O/c1-4-12-27(13-5-1)28-20-22-29(23-21-28)35-26-43-38(37-34-24-32-18-10-11-19-33(32)25-36(34)47-39(35)37)42-45-40(30-14-6-2-7-15-30)44-41(46-42)31-16-8-3-9-17-31/h1-26H. The molecule has 5 nitrogen and oxygen atoms in total. The van der Waals surface area contributed by atoms with Crippen molar-refractivity contribution in [1.82, 2.24) is 19.9 Å². The van der Waals surface area contributed by atoms with Crippen LogP contribution in [-0.2, 0) is 0 Å². The molecular weight excluding hydrogens is 576 g/mol. The third-order valence-electron chi connectivity index (χ3n) is 8.57. The van der Waals surface area contributed by atoms with Gasteiger partial charge in [-0.25, -0.2) is 15.0 Å². The van der Waals surface area contributed by atoms with Gasteiger partial charge in [-0.2, -0.15) is 0 Å². The minimum Gasteiger partial charge on any atom is -0.455 e. The van der Waals surface area contributed by atoms with Gasteiger partial charge in [0, 0.05) is 28.3 Å². The number of pyridine rings is 1. The van der Waals surface area contributed by atoms with Crippen molar-refractivity contribution in [2.75, 3.05) is 0 Å². The van der Waals surface area contributed by atoms with E-state index >= 15 is 0 Å². The van der Waals surface area contributed by atoms with Crippen molar-refractivity contribution in [3.63, 3.8) is 0 Å². The lowest BCUT2D eigenvalue weighted by atomic mass is 9.99. The molecule has 0 fully saturated rings. The maximum Gasteiger partial charge on any atom is 0.183 e. The molecular formula is C42H26N4O. The number of aromatic nitrogens is 4. The first kappa shape index (κ1) is 26.9. The van der Waals surface area contributed by atoms with Crippen LogP contribution < -0.4 is 0 Å². The fourth-order valence-corrected chi connectivity index (χ4v) is 6.22. The molecule has 3 heterocycles. The molecule has 6 aromatic carbocycles. The summed E-state index contributed by atoms with van der Waals surface area (Å²) in [5.74, 6) is 1.66. The maximum atomic E-state index is 6.74. The van der Waals surface area contributed by atoms with E-state index < -0.39 is 0 Å². The van der Waals surface area contributed by atoms with Crippen molar-refractivity contribution < 1.29 is 4.42 Å². The predicted octanol–water partition coefficient (Wildman–Crippen LogP) is 10.7. The number of hydrogen-bond donors (Lipinski definition) is 0. The lowest BCUT2D eigenvalue weighted by Crippen LogP contribution is -2.01. The number of furan rings is 1. The van der Waals surface area contributed by atoms with Gasteiger partial charge >= 0.3 is 0 Å². The number of fused-ring (bicyclic) bond motifs is 4. The molecule has 9 rings (SSSR count). The van der Waals surface area contributed by atoms with Crippen molar-refractivity contribution in [2.24, 2.45) is 0 Å². The Morgan fingerprint density at radius 3 is 1.53 bits per heavy atom. The van der Waals surface area contributed by atoms with Crippen molar-refractivity contribution in [2.45, 2.75) is 0 Å². The van der Waals surface area contributed by atoms with Crippen LogP contribution in [-0.4, -0.2) is 19.9 Å². The second kappa shape index (κ2) is 11.2. The minimum absolute atomic E-state index is 0.490. The van der Waals surface area contributed by atoms with E-state index in [1.54, 1.807) is 0 Å². The van der Waals surface area contributed by atoms with Crippen LogP contribution in [0, 0.1) is 0 Å². The molecule has 0 N–H and O–H groups in total. The highest BCUT2D eigenvalue weighted by atomic mass is 16.3. The van der Waals surface area contributed by atoms with E-state index in [4.69, 9.17) is 24.4 Å². The second-order valence-corrected chi connectivity index (χ2v) is 11.5. The Labute approximate surface area is 270 Å². The second-order valence-electron chi connectivity index (χ2n) is 11.5. The molecule has 0 aliphatic rings. The van der Waals surface area contributed by atoms with Gasteiger partial charge in [0.15, 0.2) is 17.5 Å². The summed E-state index contributed by atoms with van der Waals surface area (Å²) < 4.78 is 6.74. The van der Waals surface area contributed by atoms with Crippen LogP contribution in [0.5, 0.6) is 0 Å². The minimum atomic E-state index is 0.490. The topological polar surface area (TPSA) is 64.7 Å². The first-order chi connectivity index (χ1) is 23.3. The van der Waals surface area contributed by atoms with Crippen LogP contribution in [0.1, 0.15) is 0 Å². The molecule has 0 aliphatic carbocycles. The molecule has 0 radical (unpaired) electrons. The maximum absolute atomic E-state index is 6.74. The highest BCUT2D eigenvalue weighted by Gasteiger charge is 2.22. The fourth-order valence-electron chi connectivity index (χ4n) is 6.22. The molecule has 0 spiro atoms. The lowest BCUT2D eigenvalue weighted by Gasteiger charge is -2.10. The largest absolute Gasteiger partial charge is 0.455 e. The van der Waals surface area contributed by atoms with Crippen molar-refractivity contribution >= 4 is 32.7 Å². The van der Waals surface area contributed by atoms with Crippen LogP contribution in [0.4, 0.5) is 0 Å². The van der Waals surface area contributed by atoms with Crippen LogP contribution in [0.15, 0.2) is 162 Å². The average Bonchev–Trinajstić information content (AvgIpc) is 3.53. The molecule has 0 saturated carbocycles. The van der Waals surface area contributed by atoms with Gasteiger partial charge in [-0.15, -0.1) is 0 Å². The van der Waals surface area contributed by atoms with E-state index in [2.05, 4.69) is 78.9 Å². The Morgan fingerprint density at radius 1 is 0.426 bits per heavy atom. The summed E-state index contributed by atoms with van der Waals surface area (Å²) in [7, 11) is 0. The van der Waals surface area contributed by atoms with Gasteiger partial charge in [-0.3, -0.25) is 4.98 Å². The number of hydrogen-bond acceptors (Lipinski definition) is 5. The fraction of sp³-hybridized carbons (Fsp3) is 0. The smallest absolute Gasteiger partial charge is 0.183 e. The highest BCUT2D eigenvalue weighted by Crippen LogP contribution is 2.41. The Balaban J connectivity index is 1.30. The van der Waals surface area contributed by atoms with Crippen molar-refractivity contribution in [3.05, 3.63) is 158 Å². The SMILES string of the molecule is c1ccc(-c2ccc(-c3cnc(-c4nc(-c5ccccc5)nc(-c5ccccc5)n4)c4c3oc3cc5ccccc5cc34)cc2)cc1. The van der Waals surface area contributed by atoms with E-state index in [0.29, 0.717) is 23.2 Å². The number of nitrogens with zero attached hydrogens (tertiary/aromatic N) is 4. The van der Waals surface area contributed by atoms with Gasteiger partial charge in [-0.05, 0) is 39.6 Å². The van der Waals surface area contributed by atoms with Crippen molar-refractivity contribution in [3.8, 4) is 56.5 Å². The van der Waals surface area contributed by atoms with Crippen LogP contribution >= 0.6 is 0 Å². The summed E-state index contributed by atoms with van der Waals surface area (Å²) in [6.07, 6.45) is 1.88. The Bertz CT molecular complexity index is 2490. The normalized spacial score (nSPS) is 11.4. The first-order valence-corrected chi connectivity index (χ1v) is 15.6. The van der Waals surface area contributed by atoms with Crippen molar-refractivity contribution in [1.29, 1.82) is 0 Å². The Hall–Kier alpha value is -6.46. The lowest BCUT2D eigenvalue weighted by molar-refractivity contribution is 0.670. The molecule has 3 aromatic heterocycles. The molecule has 0 amide bonds. The molecule has 5 heteroatoms. The highest BCUT2D eigenvalue weighted by molar-refractivity contribution is 6.17. The quantitative estimate of drug-likeness (QED) is 0.196. The third-order valence-corrected chi connectivity index (χ3v) is 8.57. The molecule has 0 aliphatic heterocycles. The molecule has 0 bridgehead atoms. The third kappa shape index (κ3) is 4.82. The Kier molecular flexibility index (Phi) is 6.39. The monoisotopic (exact) mass is 602 g/mol. The number of rotatable bonds is 5. The summed E-state index contributed by atoms with van der Waals surface area (Å²) in [6, 6.07) is 51.5. The van der Waals surface area contributed by atoms with Crippen LogP contribution in [0.2, 0.25) is 0 Å². The van der Waals surface area contributed by atoms with Gasteiger partial charge in [0.2, 0.25) is 0 Å². The summed E-state index contributed by atoms with van der Waals surface area (Å²) in [6.45, 7) is 0. The first-order valence-electron chi connectivity index (χ1n) is 15.6. The molecule has 47 heavy (non-hydrogen) atoms. The van der Waals surface area contributed by atoms with E-state index in [9.17, 15) is 0 Å². The van der Waals surface area contributed by atoms with Gasteiger partial charge < -0.3 is 4.42 Å². The molecule has 0 saturated heterocycles. The predicted molar refractivity (Wildman–Crippen MR) is 190 cm³/mol. The van der Waals surface area contributed by atoms with E-state index in [0.717, 1.165) is 60.5 Å². The van der Waals surface area contributed by atoms with Gasteiger partial charge in [0.25, 0.3) is 0 Å². The van der Waals surface area contributed by atoms with Crippen LogP contribution in [0.25, 0.3) is 89.3 Å². The molecule has 0 atom stereocenters.